The molecular weight excluding hydrogens is 337 g/mol. The lowest BCUT2D eigenvalue weighted by atomic mass is 9.81. The van der Waals surface area contributed by atoms with E-state index in [0.717, 1.165) is 25.7 Å². The molecule has 1 aromatic carbocycles. The minimum atomic E-state index is -0.537. The normalized spacial score (nSPS) is 23.1. The second-order valence-electron chi connectivity index (χ2n) is 7.47. The molecule has 0 spiro atoms. The van der Waals surface area contributed by atoms with Crippen molar-refractivity contribution in [1.29, 1.82) is 0 Å². The summed E-state index contributed by atoms with van der Waals surface area (Å²) in [5.74, 6) is 1.18. The molecule has 2 aromatic rings. The van der Waals surface area contributed by atoms with Gasteiger partial charge in [0.2, 0.25) is 5.89 Å². The lowest BCUT2D eigenvalue weighted by Crippen LogP contribution is -2.47. The Balaban J connectivity index is 1.53. The van der Waals surface area contributed by atoms with E-state index in [-0.39, 0.29) is 17.1 Å². The zero-order valence-corrected chi connectivity index (χ0v) is 15.0. The molecular formula is C19H22FN3O3. The Morgan fingerprint density at radius 2 is 2.23 bits per heavy atom. The number of carbonyl (C=O) groups is 1. The van der Waals surface area contributed by atoms with Crippen LogP contribution in [0, 0.1) is 5.82 Å². The highest BCUT2D eigenvalue weighted by Crippen LogP contribution is 2.40. The van der Waals surface area contributed by atoms with Crippen LogP contribution in [0.4, 0.5) is 4.39 Å². The Labute approximate surface area is 151 Å². The second-order valence-corrected chi connectivity index (χ2v) is 7.47. The molecule has 138 valence electrons. The number of nitrogens with zero attached hydrogens (tertiary/aromatic N) is 3. The van der Waals surface area contributed by atoms with E-state index in [0.29, 0.717) is 36.3 Å². The summed E-state index contributed by atoms with van der Waals surface area (Å²) in [5, 5.41) is 4.18. The molecule has 1 aliphatic carbocycles. The largest absolute Gasteiger partial charge is 0.494 e. The summed E-state index contributed by atoms with van der Waals surface area (Å²) in [7, 11) is 1.40. The maximum Gasteiger partial charge on any atom is 0.253 e. The van der Waals surface area contributed by atoms with Crippen LogP contribution < -0.4 is 4.74 Å². The van der Waals surface area contributed by atoms with Crippen molar-refractivity contribution in [2.24, 2.45) is 0 Å². The van der Waals surface area contributed by atoms with E-state index in [4.69, 9.17) is 9.26 Å². The van der Waals surface area contributed by atoms with Crippen LogP contribution in [0.3, 0.4) is 0 Å². The second kappa shape index (κ2) is 6.37. The Morgan fingerprint density at radius 1 is 1.42 bits per heavy atom. The van der Waals surface area contributed by atoms with Gasteiger partial charge in [0, 0.05) is 30.0 Å². The molecule has 0 N–H and O–H groups in total. The summed E-state index contributed by atoms with van der Waals surface area (Å²) < 4.78 is 24.3. The van der Waals surface area contributed by atoms with Crippen LogP contribution in [0.5, 0.6) is 5.75 Å². The van der Waals surface area contributed by atoms with Crippen molar-refractivity contribution in [2.75, 3.05) is 20.2 Å². The van der Waals surface area contributed by atoms with Crippen LogP contribution >= 0.6 is 0 Å². The molecule has 2 aliphatic rings. The first-order valence-corrected chi connectivity index (χ1v) is 8.97. The van der Waals surface area contributed by atoms with Gasteiger partial charge in [0.05, 0.1) is 7.11 Å². The molecule has 2 fully saturated rings. The summed E-state index contributed by atoms with van der Waals surface area (Å²) in [6, 6.07) is 4.30. The number of methoxy groups -OCH3 is 1. The molecule has 1 aromatic heterocycles. The number of ether oxygens (including phenoxy) is 1. The number of carbonyl (C=O) groups excluding carboxylic acids is 1. The van der Waals surface area contributed by atoms with Gasteiger partial charge in [-0.2, -0.15) is 4.98 Å². The number of likely N-dealkylation sites (tertiary alicyclic amines) is 1. The zero-order valence-electron chi connectivity index (χ0n) is 15.0. The smallest absolute Gasteiger partial charge is 0.253 e. The van der Waals surface area contributed by atoms with E-state index in [1.54, 1.807) is 11.0 Å². The Kier molecular flexibility index (Phi) is 4.17. The standard InChI is InChI=1S/C19H22FN3O3/c1-19(18-21-16(26-22-18)12-4-5-12)8-3-9-23(11-19)17(24)13-6-7-15(25-2)14(20)10-13/h6-7,10,12H,3-5,8-9,11H2,1-2H3. The monoisotopic (exact) mass is 359 g/mol. The Morgan fingerprint density at radius 3 is 2.92 bits per heavy atom. The molecule has 1 saturated carbocycles. The van der Waals surface area contributed by atoms with Crippen LogP contribution in [0.1, 0.15) is 60.6 Å². The van der Waals surface area contributed by atoms with Gasteiger partial charge in [0.15, 0.2) is 17.4 Å². The van der Waals surface area contributed by atoms with Crippen molar-refractivity contribution >= 4 is 5.91 Å². The number of aromatic nitrogens is 2. The molecule has 1 atom stereocenters. The third kappa shape index (κ3) is 3.06. The van der Waals surface area contributed by atoms with Crippen molar-refractivity contribution in [3.63, 3.8) is 0 Å². The average Bonchev–Trinajstić information content (AvgIpc) is 3.37. The third-order valence-corrected chi connectivity index (χ3v) is 5.29. The van der Waals surface area contributed by atoms with E-state index in [9.17, 15) is 9.18 Å². The van der Waals surface area contributed by atoms with Crippen LogP contribution in [0.2, 0.25) is 0 Å². The topological polar surface area (TPSA) is 68.5 Å². The molecule has 1 aliphatic heterocycles. The Hall–Kier alpha value is -2.44. The van der Waals surface area contributed by atoms with E-state index in [1.807, 2.05) is 0 Å². The lowest BCUT2D eigenvalue weighted by Gasteiger charge is -2.38. The van der Waals surface area contributed by atoms with Gasteiger partial charge in [-0.25, -0.2) is 4.39 Å². The predicted molar refractivity (Wildman–Crippen MR) is 91.7 cm³/mol. The van der Waals surface area contributed by atoms with E-state index < -0.39 is 5.82 Å². The highest BCUT2D eigenvalue weighted by atomic mass is 19.1. The van der Waals surface area contributed by atoms with Crippen molar-refractivity contribution in [3.8, 4) is 5.75 Å². The van der Waals surface area contributed by atoms with Crippen molar-refractivity contribution in [1.82, 2.24) is 15.0 Å². The first kappa shape index (κ1) is 17.0. The number of amides is 1. The first-order valence-electron chi connectivity index (χ1n) is 8.97. The van der Waals surface area contributed by atoms with Crippen LogP contribution in [-0.2, 0) is 5.41 Å². The molecule has 2 heterocycles. The number of hydrogen-bond donors (Lipinski definition) is 0. The van der Waals surface area contributed by atoms with E-state index >= 15 is 0 Å². The fourth-order valence-electron chi connectivity index (χ4n) is 3.55. The number of rotatable bonds is 4. The summed E-state index contributed by atoms with van der Waals surface area (Å²) in [5.41, 5.74) is -0.0328. The average molecular weight is 359 g/mol. The van der Waals surface area contributed by atoms with Crippen LogP contribution in [-0.4, -0.2) is 41.1 Å². The van der Waals surface area contributed by atoms with Crippen molar-refractivity contribution in [3.05, 3.63) is 41.3 Å². The Bertz CT molecular complexity index is 833. The molecule has 0 bridgehead atoms. The predicted octanol–water partition coefficient (Wildman–Crippen LogP) is 3.29. The van der Waals surface area contributed by atoms with E-state index in [1.165, 1.54) is 19.2 Å². The van der Waals surface area contributed by atoms with Crippen molar-refractivity contribution < 1.29 is 18.4 Å². The molecule has 0 radical (unpaired) electrons. The van der Waals surface area contributed by atoms with Gasteiger partial charge in [-0.15, -0.1) is 0 Å². The summed E-state index contributed by atoms with van der Waals surface area (Å²) in [6.45, 7) is 3.18. The number of benzene rings is 1. The molecule has 6 nitrogen and oxygen atoms in total. The maximum atomic E-state index is 14.0. The fourth-order valence-corrected chi connectivity index (χ4v) is 3.55. The van der Waals surface area contributed by atoms with E-state index in [2.05, 4.69) is 17.1 Å². The lowest BCUT2D eigenvalue weighted by molar-refractivity contribution is 0.0641. The van der Waals surface area contributed by atoms with Gasteiger partial charge in [0.1, 0.15) is 0 Å². The maximum absolute atomic E-state index is 14.0. The molecule has 1 saturated heterocycles. The van der Waals surface area contributed by atoms with Crippen molar-refractivity contribution in [2.45, 2.75) is 43.9 Å². The van der Waals surface area contributed by atoms with Gasteiger partial charge in [-0.1, -0.05) is 12.1 Å². The quantitative estimate of drug-likeness (QED) is 0.838. The van der Waals surface area contributed by atoms with Gasteiger partial charge in [0.25, 0.3) is 5.91 Å². The zero-order chi connectivity index (χ0) is 18.3. The number of piperidine rings is 1. The van der Waals surface area contributed by atoms with Gasteiger partial charge in [-0.3, -0.25) is 4.79 Å². The van der Waals surface area contributed by atoms with Crippen LogP contribution in [0.15, 0.2) is 22.7 Å². The minimum absolute atomic E-state index is 0.129. The molecule has 1 unspecified atom stereocenters. The SMILES string of the molecule is COc1ccc(C(=O)N2CCCC(C)(c3noc(C4CC4)n3)C2)cc1F. The molecule has 4 rings (SSSR count). The minimum Gasteiger partial charge on any atom is -0.494 e. The summed E-state index contributed by atoms with van der Waals surface area (Å²) in [6.07, 6.45) is 3.93. The highest BCUT2D eigenvalue weighted by Gasteiger charge is 2.40. The molecule has 7 heteroatoms. The highest BCUT2D eigenvalue weighted by molar-refractivity contribution is 5.94. The summed E-state index contributed by atoms with van der Waals surface area (Å²) >= 11 is 0. The third-order valence-electron chi connectivity index (χ3n) is 5.29. The summed E-state index contributed by atoms with van der Waals surface area (Å²) in [4.78, 5) is 19.2. The van der Waals surface area contributed by atoms with Gasteiger partial charge >= 0.3 is 0 Å². The first-order chi connectivity index (χ1) is 12.5. The molecule has 1 amide bonds. The number of hydrogen-bond acceptors (Lipinski definition) is 5. The number of halogens is 1. The molecule has 26 heavy (non-hydrogen) atoms. The van der Waals surface area contributed by atoms with Gasteiger partial charge < -0.3 is 14.2 Å². The fraction of sp³-hybridized carbons (Fsp3) is 0.526. The van der Waals surface area contributed by atoms with Crippen LogP contribution in [0.25, 0.3) is 0 Å². The van der Waals surface area contributed by atoms with Gasteiger partial charge in [-0.05, 0) is 43.9 Å².